The average molecular weight is 381 g/mol. The summed E-state index contributed by atoms with van der Waals surface area (Å²) in [6.07, 6.45) is 6.63. The number of aromatic nitrogens is 4. The minimum absolute atomic E-state index is 0.00101. The number of sulfonamides is 1. The lowest BCUT2D eigenvalue weighted by atomic mass is 9.97. The number of aromatic amines is 1. The molecular formula is C16H23N5O4S. The highest BCUT2D eigenvalue weighted by Gasteiger charge is 2.23. The summed E-state index contributed by atoms with van der Waals surface area (Å²) in [5, 5.41) is 0.00101. The molecule has 0 bridgehead atoms. The van der Waals surface area contributed by atoms with Gasteiger partial charge >= 0.3 is 5.69 Å². The van der Waals surface area contributed by atoms with E-state index in [1.165, 1.54) is 23.9 Å². The van der Waals surface area contributed by atoms with Crippen LogP contribution in [0.3, 0.4) is 0 Å². The summed E-state index contributed by atoms with van der Waals surface area (Å²) in [5.74, 6) is 0. The Balaban J connectivity index is 1.72. The van der Waals surface area contributed by atoms with Gasteiger partial charge in [-0.1, -0.05) is 0 Å². The van der Waals surface area contributed by atoms with Crippen LogP contribution in [0.15, 0.2) is 27.1 Å². The van der Waals surface area contributed by atoms with E-state index in [2.05, 4.69) is 9.97 Å². The summed E-state index contributed by atoms with van der Waals surface area (Å²) in [4.78, 5) is 30.4. The van der Waals surface area contributed by atoms with Crippen LogP contribution in [0, 0.1) is 0 Å². The van der Waals surface area contributed by atoms with Gasteiger partial charge in [0.25, 0.3) is 15.6 Å². The molecular weight excluding hydrogens is 358 g/mol. The molecule has 9 nitrogen and oxygen atoms in total. The number of H-pyrrole nitrogens is 1. The molecule has 2 heterocycles. The van der Waals surface area contributed by atoms with E-state index in [1.807, 2.05) is 0 Å². The van der Waals surface area contributed by atoms with Crippen LogP contribution in [0.5, 0.6) is 0 Å². The average Bonchev–Trinajstić information content (AvgIpc) is 3.05. The fraction of sp³-hybridized carbons (Fsp3) is 0.562. The van der Waals surface area contributed by atoms with Gasteiger partial charge in [-0.25, -0.2) is 18.2 Å². The molecule has 0 fully saturated rings. The van der Waals surface area contributed by atoms with Crippen LogP contribution in [0.25, 0.3) is 0 Å². The molecule has 0 amide bonds. The first-order valence-corrected chi connectivity index (χ1v) is 10.0. The second-order valence-corrected chi connectivity index (χ2v) is 8.59. The Morgan fingerprint density at radius 3 is 2.69 bits per heavy atom. The quantitative estimate of drug-likeness (QED) is 0.749. The molecule has 142 valence electrons. The Morgan fingerprint density at radius 2 is 2.00 bits per heavy atom. The third kappa shape index (κ3) is 3.51. The molecule has 0 aromatic carbocycles. The van der Waals surface area contributed by atoms with Gasteiger partial charge in [-0.2, -0.15) is 4.31 Å². The lowest BCUT2D eigenvalue weighted by molar-refractivity contribution is 0.434. The van der Waals surface area contributed by atoms with E-state index in [9.17, 15) is 18.0 Å². The fourth-order valence-electron chi connectivity index (χ4n) is 3.28. The minimum Gasteiger partial charge on any atom is -0.339 e. The number of aryl methyl sites for hydroxylation is 1. The summed E-state index contributed by atoms with van der Waals surface area (Å²) in [5.41, 5.74) is 0.757. The standard InChI is InChI=1S/C16H23N5O4S/c1-19-10-14(17-11-19)26(24,25)20(2)8-5-9-21-13-7-4-3-6-12(13)15(22)18-16(21)23/h10-11H,3-9H2,1-2H3,(H,18,22,23). The van der Waals surface area contributed by atoms with Gasteiger partial charge in [0.2, 0.25) is 0 Å². The Labute approximate surface area is 151 Å². The number of nitrogens with one attached hydrogen (secondary N) is 1. The molecule has 26 heavy (non-hydrogen) atoms. The zero-order chi connectivity index (χ0) is 18.9. The predicted octanol–water partition coefficient (Wildman–Crippen LogP) is -0.140. The van der Waals surface area contributed by atoms with Crippen molar-refractivity contribution in [3.05, 3.63) is 44.6 Å². The van der Waals surface area contributed by atoms with E-state index >= 15 is 0 Å². The van der Waals surface area contributed by atoms with E-state index in [-0.39, 0.29) is 17.1 Å². The van der Waals surface area contributed by atoms with Gasteiger partial charge < -0.3 is 4.57 Å². The monoisotopic (exact) mass is 381 g/mol. The molecule has 3 rings (SSSR count). The largest absolute Gasteiger partial charge is 0.339 e. The van der Waals surface area contributed by atoms with Gasteiger partial charge in [0.15, 0.2) is 5.03 Å². The third-order valence-electron chi connectivity index (χ3n) is 4.71. The maximum Gasteiger partial charge on any atom is 0.328 e. The van der Waals surface area contributed by atoms with Crippen LogP contribution in [0.4, 0.5) is 0 Å². The summed E-state index contributed by atoms with van der Waals surface area (Å²) in [7, 11) is -0.449. The molecule has 0 saturated carbocycles. The van der Waals surface area contributed by atoms with E-state index in [4.69, 9.17) is 0 Å². The molecule has 0 aliphatic heterocycles. The Morgan fingerprint density at radius 1 is 1.27 bits per heavy atom. The maximum atomic E-state index is 12.5. The smallest absolute Gasteiger partial charge is 0.328 e. The van der Waals surface area contributed by atoms with Crippen molar-refractivity contribution in [2.45, 2.75) is 43.7 Å². The molecule has 1 aliphatic rings. The molecule has 0 spiro atoms. The van der Waals surface area contributed by atoms with Crippen molar-refractivity contribution in [1.29, 1.82) is 0 Å². The zero-order valence-electron chi connectivity index (χ0n) is 14.9. The first kappa shape index (κ1) is 18.6. The van der Waals surface area contributed by atoms with Gasteiger partial charge in [0, 0.05) is 44.6 Å². The van der Waals surface area contributed by atoms with Crippen LogP contribution < -0.4 is 11.2 Å². The van der Waals surface area contributed by atoms with Gasteiger partial charge in [-0.15, -0.1) is 0 Å². The van der Waals surface area contributed by atoms with E-state index in [0.29, 0.717) is 31.4 Å². The van der Waals surface area contributed by atoms with Gasteiger partial charge in [0.1, 0.15) is 0 Å². The van der Waals surface area contributed by atoms with E-state index in [1.54, 1.807) is 16.2 Å². The maximum absolute atomic E-state index is 12.5. The molecule has 2 aromatic rings. The highest BCUT2D eigenvalue weighted by Crippen LogP contribution is 2.17. The number of fused-ring (bicyclic) bond motifs is 1. The number of nitrogens with zero attached hydrogens (tertiary/aromatic N) is 4. The SMILES string of the molecule is CN(CCCn1c2c(c(=O)[nH]c1=O)CCCC2)S(=O)(=O)c1cn(C)cn1. The topological polar surface area (TPSA) is 110 Å². The lowest BCUT2D eigenvalue weighted by Gasteiger charge is -2.21. The lowest BCUT2D eigenvalue weighted by Crippen LogP contribution is -2.37. The number of imidazole rings is 1. The van der Waals surface area contributed by atoms with Crippen molar-refractivity contribution < 1.29 is 8.42 Å². The first-order chi connectivity index (χ1) is 12.3. The predicted molar refractivity (Wildman–Crippen MR) is 95.6 cm³/mol. The highest BCUT2D eigenvalue weighted by atomic mass is 32.2. The minimum atomic E-state index is -3.65. The molecule has 0 atom stereocenters. The van der Waals surface area contributed by atoms with E-state index in [0.717, 1.165) is 18.5 Å². The zero-order valence-corrected chi connectivity index (χ0v) is 15.8. The fourth-order valence-corrected chi connectivity index (χ4v) is 4.45. The molecule has 1 N–H and O–H groups in total. The Hall–Kier alpha value is -2.20. The van der Waals surface area contributed by atoms with Crippen LogP contribution in [-0.2, 0) is 36.5 Å². The third-order valence-corrected chi connectivity index (χ3v) is 6.46. The first-order valence-electron chi connectivity index (χ1n) is 8.60. The summed E-state index contributed by atoms with van der Waals surface area (Å²) < 4.78 is 29.3. The summed E-state index contributed by atoms with van der Waals surface area (Å²) in [6, 6.07) is 0. The number of hydrogen-bond donors (Lipinski definition) is 1. The van der Waals surface area contributed by atoms with Gasteiger partial charge in [0.05, 0.1) is 6.33 Å². The van der Waals surface area contributed by atoms with Crippen LogP contribution >= 0.6 is 0 Å². The molecule has 0 unspecified atom stereocenters. The molecule has 0 radical (unpaired) electrons. The normalized spacial score (nSPS) is 14.6. The highest BCUT2D eigenvalue weighted by molar-refractivity contribution is 7.89. The van der Waals surface area contributed by atoms with Crippen LogP contribution in [0.1, 0.15) is 30.5 Å². The second kappa shape index (κ2) is 7.20. The van der Waals surface area contributed by atoms with Gasteiger partial charge in [-0.05, 0) is 32.1 Å². The molecule has 10 heteroatoms. The van der Waals surface area contributed by atoms with Crippen molar-refractivity contribution in [2.24, 2.45) is 7.05 Å². The van der Waals surface area contributed by atoms with E-state index < -0.39 is 15.7 Å². The van der Waals surface area contributed by atoms with Crippen molar-refractivity contribution in [3.8, 4) is 0 Å². The molecule has 1 aliphatic carbocycles. The summed E-state index contributed by atoms with van der Waals surface area (Å²) in [6.45, 7) is 0.610. The number of rotatable bonds is 6. The van der Waals surface area contributed by atoms with Crippen molar-refractivity contribution in [3.63, 3.8) is 0 Å². The number of hydrogen-bond acceptors (Lipinski definition) is 5. The Kier molecular flexibility index (Phi) is 5.15. The molecule has 2 aromatic heterocycles. The summed E-state index contributed by atoms with van der Waals surface area (Å²) >= 11 is 0. The van der Waals surface area contributed by atoms with Crippen molar-refractivity contribution >= 4 is 10.0 Å². The Bertz CT molecular complexity index is 1020. The van der Waals surface area contributed by atoms with Crippen LogP contribution in [-0.4, -0.2) is 45.4 Å². The van der Waals surface area contributed by atoms with Crippen LogP contribution in [0.2, 0.25) is 0 Å². The second-order valence-electron chi connectivity index (χ2n) is 6.60. The van der Waals surface area contributed by atoms with Crippen molar-refractivity contribution in [1.82, 2.24) is 23.4 Å². The molecule has 0 saturated heterocycles. The van der Waals surface area contributed by atoms with Gasteiger partial charge in [-0.3, -0.25) is 14.3 Å². The van der Waals surface area contributed by atoms with Crippen molar-refractivity contribution in [2.75, 3.05) is 13.6 Å².